The minimum atomic E-state index is 0.143. The number of ether oxygens (including phenoxy) is 1. The van der Waals surface area contributed by atoms with Crippen LogP contribution in [0.3, 0.4) is 0 Å². The van der Waals surface area contributed by atoms with Gasteiger partial charge in [-0.2, -0.15) is 0 Å². The molecule has 0 heterocycles. The monoisotopic (exact) mass is 290 g/mol. The maximum absolute atomic E-state index is 12.6. The van der Waals surface area contributed by atoms with E-state index in [0.29, 0.717) is 18.9 Å². The Hall–Kier alpha value is -1.55. The van der Waals surface area contributed by atoms with Gasteiger partial charge in [-0.05, 0) is 31.4 Å². The van der Waals surface area contributed by atoms with Gasteiger partial charge in [0.15, 0.2) is 0 Å². The summed E-state index contributed by atoms with van der Waals surface area (Å²) in [5.41, 5.74) is 6.81. The number of benzene rings is 1. The normalized spacial score (nSPS) is 21.9. The predicted octanol–water partition coefficient (Wildman–Crippen LogP) is 2.21. The summed E-state index contributed by atoms with van der Waals surface area (Å²) in [6.45, 7) is 0.664. The smallest absolute Gasteiger partial charge is 0.227 e. The minimum absolute atomic E-state index is 0.143. The van der Waals surface area contributed by atoms with E-state index in [9.17, 15) is 4.79 Å². The lowest BCUT2D eigenvalue weighted by Gasteiger charge is -2.37. The molecular weight excluding hydrogens is 264 g/mol. The number of para-hydroxylation sites is 1. The standard InChI is InChI=1S/C17H26N2O2/c1-19(15-9-5-3-8-14(15)12-18)17(20)11-13-7-4-6-10-16(13)21-2/h4,6-7,10,14-15H,3,5,8-9,11-12,18H2,1-2H3. The Morgan fingerprint density at radius 1 is 1.33 bits per heavy atom. The number of nitrogens with zero attached hydrogens (tertiary/aromatic N) is 1. The molecule has 1 aliphatic rings. The number of carbonyl (C=O) groups is 1. The molecule has 2 N–H and O–H groups in total. The Morgan fingerprint density at radius 2 is 2.05 bits per heavy atom. The van der Waals surface area contributed by atoms with Crippen molar-refractivity contribution in [3.63, 3.8) is 0 Å². The van der Waals surface area contributed by atoms with E-state index in [-0.39, 0.29) is 11.9 Å². The average molecular weight is 290 g/mol. The molecule has 0 radical (unpaired) electrons. The van der Waals surface area contributed by atoms with Crippen LogP contribution in [0.15, 0.2) is 24.3 Å². The van der Waals surface area contributed by atoms with Crippen LogP contribution < -0.4 is 10.5 Å². The van der Waals surface area contributed by atoms with Crippen LogP contribution in [-0.2, 0) is 11.2 Å². The average Bonchev–Trinajstić information content (AvgIpc) is 2.54. The van der Waals surface area contributed by atoms with Crippen molar-refractivity contribution in [2.75, 3.05) is 20.7 Å². The summed E-state index contributed by atoms with van der Waals surface area (Å²) < 4.78 is 5.32. The molecule has 1 amide bonds. The fourth-order valence-electron chi connectivity index (χ4n) is 3.29. The fraction of sp³-hybridized carbons (Fsp3) is 0.588. The lowest BCUT2D eigenvalue weighted by molar-refractivity contribution is -0.132. The van der Waals surface area contributed by atoms with Gasteiger partial charge in [0.2, 0.25) is 5.91 Å². The number of hydrogen-bond donors (Lipinski definition) is 1. The molecule has 0 aromatic heterocycles. The lowest BCUT2D eigenvalue weighted by Crippen LogP contribution is -2.46. The quantitative estimate of drug-likeness (QED) is 0.904. The highest BCUT2D eigenvalue weighted by molar-refractivity contribution is 5.79. The Bertz CT molecular complexity index is 476. The zero-order chi connectivity index (χ0) is 15.2. The van der Waals surface area contributed by atoms with Crippen molar-refractivity contribution in [1.29, 1.82) is 0 Å². The summed E-state index contributed by atoms with van der Waals surface area (Å²) in [4.78, 5) is 14.5. The molecule has 0 saturated heterocycles. The van der Waals surface area contributed by atoms with Gasteiger partial charge in [-0.15, -0.1) is 0 Å². The number of carbonyl (C=O) groups excluding carboxylic acids is 1. The van der Waals surface area contributed by atoms with Crippen molar-refractivity contribution < 1.29 is 9.53 Å². The van der Waals surface area contributed by atoms with Gasteiger partial charge in [-0.3, -0.25) is 4.79 Å². The molecule has 0 bridgehead atoms. The zero-order valence-electron chi connectivity index (χ0n) is 13.0. The maximum Gasteiger partial charge on any atom is 0.227 e. The van der Waals surface area contributed by atoms with Crippen LogP contribution in [0.25, 0.3) is 0 Å². The van der Waals surface area contributed by atoms with Crippen molar-refractivity contribution in [2.45, 2.75) is 38.1 Å². The van der Waals surface area contributed by atoms with E-state index >= 15 is 0 Å². The number of hydrogen-bond acceptors (Lipinski definition) is 3. The van der Waals surface area contributed by atoms with Crippen LogP contribution in [-0.4, -0.2) is 37.6 Å². The molecule has 116 valence electrons. The van der Waals surface area contributed by atoms with Crippen molar-refractivity contribution >= 4 is 5.91 Å². The van der Waals surface area contributed by atoms with Crippen molar-refractivity contribution in [3.05, 3.63) is 29.8 Å². The zero-order valence-corrected chi connectivity index (χ0v) is 13.0. The summed E-state index contributed by atoms with van der Waals surface area (Å²) in [5.74, 6) is 1.36. The van der Waals surface area contributed by atoms with Crippen molar-refractivity contribution in [1.82, 2.24) is 4.90 Å². The van der Waals surface area contributed by atoms with E-state index in [1.54, 1.807) is 7.11 Å². The third kappa shape index (κ3) is 3.76. The number of rotatable bonds is 5. The van der Waals surface area contributed by atoms with Crippen LogP contribution in [0, 0.1) is 5.92 Å². The van der Waals surface area contributed by atoms with Gasteiger partial charge in [0.25, 0.3) is 0 Å². The van der Waals surface area contributed by atoms with Gasteiger partial charge in [0.05, 0.1) is 13.5 Å². The Kier molecular flexibility index (Phi) is 5.62. The molecule has 0 spiro atoms. The van der Waals surface area contributed by atoms with E-state index in [1.165, 1.54) is 12.8 Å². The molecule has 0 aliphatic heterocycles. The van der Waals surface area contributed by atoms with E-state index in [1.807, 2.05) is 36.2 Å². The molecule has 4 nitrogen and oxygen atoms in total. The van der Waals surface area contributed by atoms with Crippen LogP contribution in [0.4, 0.5) is 0 Å². The first-order valence-corrected chi connectivity index (χ1v) is 7.75. The van der Waals surface area contributed by atoms with Gasteiger partial charge < -0.3 is 15.4 Å². The van der Waals surface area contributed by atoms with Crippen LogP contribution in [0.1, 0.15) is 31.2 Å². The highest BCUT2D eigenvalue weighted by Gasteiger charge is 2.29. The second kappa shape index (κ2) is 7.46. The molecular formula is C17H26N2O2. The third-order valence-electron chi connectivity index (χ3n) is 4.60. The van der Waals surface area contributed by atoms with E-state index in [4.69, 9.17) is 10.5 Å². The molecule has 1 aromatic rings. The molecule has 4 heteroatoms. The molecule has 1 saturated carbocycles. The van der Waals surface area contributed by atoms with E-state index < -0.39 is 0 Å². The van der Waals surface area contributed by atoms with Gasteiger partial charge in [-0.25, -0.2) is 0 Å². The highest BCUT2D eigenvalue weighted by atomic mass is 16.5. The molecule has 2 unspecified atom stereocenters. The second-order valence-corrected chi connectivity index (χ2v) is 5.84. The second-order valence-electron chi connectivity index (χ2n) is 5.84. The summed E-state index contributed by atoms with van der Waals surface area (Å²) in [7, 11) is 3.55. The fourth-order valence-corrected chi connectivity index (χ4v) is 3.29. The SMILES string of the molecule is COc1ccccc1CC(=O)N(C)C1CCCCC1CN. The van der Waals surface area contributed by atoms with Crippen molar-refractivity contribution in [2.24, 2.45) is 11.7 Å². The largest absolute Gasteiger partial charge is 0.496 e. The molecule has 21 heavy (non-hydrogen) atoms. The number of likely N-dealkylation sites (N-methyl/N-ethyl adjacent to an activating group) is 1. The first-order chi connectivity index (χ1) is 10.2. The van der Waals surface area contributed by atoms with Crippen molar-refractivity contribution in [3.8, 4) is 5.75 Å². The maximum atomic E-state index is 12.6. The van der Waals surface area contributed by atoms with E-state index in [2.05, 4.69) is 0 Å². The summed E-state index contributed by atoms with van der Waals surface area (Å²) >= 11 is 0. The number of nitrogens with two attached hydrogens (primary N) is 1. The Labute approximate surface area is 127 Å². The van der Waals surface area contributed by atoms with Crippen LogP contribution in [0.2, 0.25) is 0 Å². The first-order valence-electron chi connectivity index (χ1n) is 7.75. The highest BCUT2D eigenvalue weighted by Crippen LogP contribution is 2.28. The molecule has 2 atom stereocenters. The van der Waals surface area contributed by atoms with Gasteiger partial charge >= 0.3 is 0 Å². The molecule has 1 aliphatic carbocycles. The minimum Gasteiger partial charge on any atom is -0.496 e. The van der Waals surface area contributed by atoms with Crippen LogP contribution in [0.5, 0.6) is 5.75 Å². The van der Waals surface area contributed by atoms with Crippen LogP contribution >= 0.6 is 0 Å². The summed E-state index contributed by atoms with van der Waals surface area (Å²) in [6, 6.07) is 7.99. The topological polar surface area (TPSA) is 55.6 Å². The predicted molar refractivity (Wildman–Crippen MR) is 84.3 cm³/mol. The summed E-state index contributed by atoms with van der Waals surface area (Å²) in [6.07, 6.45) is 5.00. The molecule has 1 aromatic carbocycles. The van der Waals surface area contributed by atoms with E-state index in [0.717, 1.165) is 24.2 Å². The summed E-state index contributed by atoms with van der Waals surface area (Å²) in [5, 5.41) is 0. The molecule has 2 rings (SSSR count). The van der Waals surface area contributed by atoms with Gasteiger partial charge in [-0.1, -0.05) is 31.0 Å². The van der Waals surface area contributed by atoms with Gasteiger partial charge in [0, 0.05) is 18.7 Å². The third-order valence-corrected chi connectivity index (χ3v) is 4.60. The Morgan fingerprint density at radius 3 is 2.76 bits per heavy atom. The van der Waals surface area contributed by atoms with Gasteiger partial charge in [0.1, 0.15) is 5.75 Å². The number of amides is 1. The number of methoxy groups -OCH3 is 1. The molecule has 1 fully saturated rings. The first kappa shape index (κ1) is 15.8. The Balaban J connectivity index is 2.05. The lowest BCUT2D eigenvalue weighted by atomic mass is 9.83.